The van der Waals surface area contributed by atoms with Crippen LogP contribution in [-0.4, -0.2) is 42.7 Å². The van der Waals surface area contributed by atoms with Gasteiger partial charge in [-0.05, 0) is 32.4 Å². The second-order valence-corrected chi connectivity index (χ2v) is 7.14. The van der Waals surface area contributed by atoms with E-state index in [1.54, 1.807) is 6.07 Å². The van der Waals surface area contributed by atoms with Crippen molar-refractivity contribution < 1.29 is 19.1 Å². The fourth-order valence-electron chi connectivity index (χ4n) is 2.98. The van der Waals surface area contributed by atoms with Crippen LogP contribution in [0.15, 0.2) is 60.7 Å². The molecule has 1 heterocycles. The minimum atomic E-state index is -0.552. The number of para-hydroxylation sites is 1. The number of nitrogens with one attached hydrogen (secondary N) is 1. The van der Waals surface area contributed by atoms with Gasteiger partial charge < -0.3 is 14.8 Å². The molecule has 0 aliphatic rings. The van der Waals surface area contributed by atoms with E-state index in [0.717, 1.165) is 5.56 Å². The predicted molar refractivity (Wildman–Crippen MR) is 116 cm³/mol. The summed E-state index contributed by atoms with van der Waals surface area (Å²) in [5.74, 6) is -0.890. The number of fused-ring (bicyclic) bond motifs is 1. The van der Waals surface area contributed by atoms with Gasteiger partial charge in [0, 0.05) is 24.1 Å². The van der Waals surface area contributed by atoms with E-state index in [4.69, 9.17) is 9.47 Å². The maximum Gasteiger partial charge on any atom is 0.339 e. The molecule has 30 heavy (non-hydrogen) atoms. The van der Waals surface area contributed by atoms with E-state index in [0.29, 0.717) is 41.7 Å². The lowest BCUT2D eigenvalue weighted by atomic mass is 10.0. The number of hydrogen-bond donors (Lipinski definition) is 1. The number of pyridine rings is 1. The van der Waals surface area contributed by atoms with Crippen molar-refractivity contribution in [3.05, 3.63) is 66.2 Å². The molecule has 0 aliphatic carbocycles. The van der Waals surface area contributed by atoms with Gasteiger partial charge in [0.2, 0.25) is 0 Å². The van der Waals surface area contributed by atoms with Gasteiger partial charge in [0.25, 0.3) is 5.91 Å². The number of amides is 1. The molecule has 0 radical (unpaired) electrons. The van der Waals surface area contributed by atoms with Crippen molar-refractivity contribution in [2.45, 2.75) is 26.4 Å². The SMILES string of the molecule is CC(C)OCCCNC(=O)COC(=O)c1cc(-c2ccccc2)nc2ccccc12. The predicted octanol–water partition coefficient (Wildman–Crippen LogP) is 3.99. The number of ether oxygens (including phenoxy) is 2. The topological polar surface area (TPSA) is 77.5 Å². The Labute approximate surface area is 176 Å². The van der Waals surface area contributed by atoms with Crippen molar-refractivity contribution in [2.75, 3.05) is 19.8 Å². The summed E-state index contributed by atoms with van der Waals surface area (Å²) in [4.78, 5) is 29.4. The first-order valence-electron chi connectivity index (χ1n) is 10.0. The molecule has 0 saturated heterocycles. The van der Waals surface area contributed by atoms with Crippen LogP contribution in [0.4, 0.5) is 0 Å². The summed E-state index contributed by atoms with van der Waals surface area (Å²) in [6, 6.07) is 18.7. The number of rotatable bonds is 9. The lowest BCUT2D eigenvalue weighted by Crippen LogP contribution is -2.30. The van der Waals surface area contributed by atoms with Crippen LogP contribution in [0.1, 0.15) is 30.6 Å². The Hall–Kier alpha value is -3.25. The zero-order valence-electron chi connectivity index (χ0n) is 17.3. The molecule has 1 N–H and O–H groups in total. The summed E-state index contributed by atoms with van der Waals surface area (Å²) < 4.78 is 10.7. The maximum absolute atomic E-state index is 12.7. The number of nitrogens with zero attached hydrogens (tertiary/aromatic N) is 1. The fourth-order valence-corrected chi connectivity index (χ4v) is 2.98. The molecule has 3 rings (SSSR count). The molecule has 0 aliphatic heterocycles. The van der Waals surface area contributed by atoms with Crippen molar-refractivity contribution in [2.24, 2.45) is 0 Å². The van der Waals surface area contributed by atoms with Crippen LogP contribution in [0.25, 0.3) is 22.2 Å². The Kier molecular flexibility index (Phi) is 7.51. The fraction of sp³-hybridized carbons (Fsp3) is 0.292. The zero-order valence-corrected chi connectivity index (χ0v) is 17.3. The maximum atomic E-state index is 12.7. The smallest absolute Gasteiger partial charge is 0.339 e. The van der Waals surface area contributed by atoms with Crippen LogP contribution in [0.5, 0.6) is 0 Å². The Morgan fingerprint density at radius 2 is 1.77 bits per heavy atom. The van der Waals surface area contributed by atoms with Gasteiger partial charge in [-0.1, -0.05) is 48.5 Å². The summed E-state index contributed by atoms with van der Waals surface area (Å²) in [7, 11) is 0. The van der Waals surface area contributed by atoms with E-state index in [-0.39, 0.29) is 18.6 Å². The summed E-state index contributed by atoms with van der Waals surface area (Å²) in [6.45, 7) is 4.64. The molecule has 0 spiro atoms. The standard InChI is InChI=1S/C24H26N2O4/c1-17(2)29-14-8-13-25-23(27)16-30-24(28)20-15-22(18-9-4-3-5-10-18)26-21-12-7-6-11-19(20)21/h3-7,9-12,15,17H,8,13-14,16H2,1-2H3,(H,25,27). The highest BCUT2D eigenvalue weighted by atomic mass is 16.5. The third-order valence-corrected chi connectivity index (χ3v) is 4.43. The molecule has 0 fully saturated rings. The summed E-state index contributed by atoms with van der Waals surface area (Å²) in [5.41, 5.74) is 2.66. The molecule has 0 saturated carbocycles. The second-order valence-electron chi connectivity index (χ2n) is 7.14. The molecule has 0 bridgehead atoms. The molecule has 6 nitrogen and oxygen atoms in total. The van der Waals surface area contributed by atoms with Crippen molar-refractivity contribution in [3.63, 3.8) is 0 Å². The Morgan fingerprint density at radius 1 is 1.03 bits per heavy atom. The number of aromatic nitrogens is 1. The van der Waals surface area contributed by atoms with E-state index in [2.05, 4.69) is 10.3 Å². The van der Waals surface area contributed by atoms with E-state index >= 15 is 0 Å². The third kappa shape index (κ3) is 5.87. The molecule has 156 valence electrons. The number of carbonyl (C=O) groups is 2. The normalized spacial score (nSPS) is 10.9. The van der Waals surface area contributed by atoms with Gasteiger partial charge in [0.15, 0.2) is 6.61 Å². The van der Waals surface area contributed by atoms with E-state index in [9.17, 15) is 9.59 Å². The molecular formula is C24H26N2O4. The minimum absolute atomic E-state index is 0.164. The summed E-state index contributed by atoms with van der Waals surface area (Å²) >= 11 is 0. The third-order valence-electron chi connectivity index (χ3n) is 4.43. The second kappa shape index (κ2) is 10.5. The van der Waals surface area contributed by atoms with E-state index in [1.807, 2.05) is 68.4 Å². The van der Waals surface area contributed by atoms with Gasteiger partial charge in [-0.15, -0.1) is 0 Å². The Balaban J connectivity index is 1.66. The van der Waals surface area contributed by atoms with Gasteiger partial charge in [0.1, 0.15) is 0 Å². The van der Waals surface area contributed by atoms with Gasteiger partial charge in [-0.2, -0.15) is 0 Å². The van der Waals surface area contributed by atoms with Gasteiger partial charge in [-0.25, -0.2) is 9.78 Å². The average molecular weight is 406 g/mol. The highest BCUT2D eigenvalue weighted by Crippen LogP contribution is 2.25. The Bertz CT molecular complexity index is 1000. The van der Waals surface area contributed by atoms with Gasteiger partial charge >= 0.3 is 5.97 Å². The molecular weight excluding hydrogens is 380 g/mol. The van der Waals surface area contributed by atoms with Crippen LogP contribution in [0.2, 0.25) is 0 Å². The average Bonchev–Trinajstić information content (AvgIpc) is 2.76. The first kappa shape index (κ1) is 21.5. The summed E-state index contributed by atoms with van der Waals surface area (Å²) in [5, 5.41) is 3.42. The molecule has 2 aromatic carbocycles. The molecule has 0 atom stereocenters. The number of benzene rings is 2. The molecule has 1 amide bonds. The Morgan fingerprint density at radius 3 is 2.53 bits per heavy atom. The number of esters is 1. The lowest BCUT2D eigenvalue weighted by molar-refractivity contribution is -0.124. The van der Waals surface area contributed by atoms with Crippen LogP contribution in [0.3, 0.4) is 0 Å². The molecule has 3 aromatic rings. The number of hydrogen-bond acceptors (Lipinski definition) is 5. The van der Waals surface area contributed by atoms with Crippen molar-refractivity contribution in [1.29, 1.82) is 0 Å². The molecule has 0 unspecified atom stereocenters. The van der Waals surface area contributed by atoms with Crippen molar-refractivity contribution >= 4 is 22.8 Å². The largest absolute Gasteiger partial charge is 0.452 e. The highest BCUT2D eigenvalue weighted by molar-refractivity contribution is 6.05. The van der Waals surface area contributed by atoms with Crippen LogP contribution < -0.4 is 5.32 Å². The van der Waals surface area contributed by atoms with Crippen LogP contribution in [0, 0.1) is 0 Å². The van der Waals surface area contributed by atoms with Crippen LogP contribution >= 0.6 is 0 Å². The summed E-state index contributed by atoms with van der Waals surface area (Å²) in [6.07, 6.45) is 0.866. The first-order chi connectivity index (χ1) is 14.5. The van der Waals surface area contributed by atoms with E-state index in [1.165, 1.54) is 0 Å². The van der Waals surface area contributed by atoms with Crippen molar-refractivity contribution in [3.8, 4) is 11.3 Å². The monoisotopic (exact) mass is 406 g/mol. The minimum Gasteiger partial charge on any atom is -0.452 e. The van der Waals surface area contributed by atoms with Gasteiger partial charge in [0.05, 0.1) is 22.9 Å². The van der Waals surface area contributed by atoms with Crippen LogP contribution in [-0.2, 0) is 14.3 Å². The number of carbonyl (C=O) groups excluding carboxylic acids is 2. The van der Waals surface area contributed by atoms with Gasteiger partial charge in [-0.3, -0.25) is 4.79 Å². The molecule has 6 heteroatoms. The highest BCUT2D eigenvalue weighted by Gasteiger charge is 2.16. The lowest BCUT2D eigenvalue weighted by Gasteiger charge is -2.11. The van der Waals surface area contributed by atoms with E-state index < -0.39 is 5.97 Å². The molecule has 1 aromatic heterocycles. The van der Waals surface area contributed by atoms with Crippen molar-refractivity contribution in [1.82, 2.24) is 10.3 Å². The first-order valence-corrected chi connectivity index (χ1v) is 10.0. The quantitative estimate of drug-likeness (QED) is 0.429. The zero-order chi connectivity index (χ0) is 21.3.